The van der Waals surface area contributed by atoms with Gasteiger partial charge in [0.05, 0.1) is 11.4 Å². The molecule has 7 heteroatoms. The number of anilines is 1. The normalized spacial score (nSPS) is 14.6. The van der Waals surface area contributed by atoms with E-state index in [0.717, 1.165) is 12.8 Å². The molecule has 0 spiro atoms. The fraction of sp³-hybridized carbons (Fsp3) is 0.278. The summed E-state index contributed by atoms with van der Waals surface area (Å²) in [6, 6.07) is 16.2. The number of amides is 1. The van der Waals surface area contributed by atoms with E-state index in [9.17, 15) is 13.2 Å². The molecule has 2 aromatic carbocycles. The first kappa shape index (κ1) is 17.4. The minimum Gasteiger partial charge on any atom is -0.447 e. The summed E-state index contributed by atoms with van der Waals surface area (Å²) in [4.78, 5) is 13.2. The van der Waals surface area contributed by atoms with Crippen LogP contribution in [0.1, 0.15) is 12.0 Å². The summed E-state index contributed by atoms with van der Waals surface area (Å²) in [6.45, 7) is 1.20. The molecule has 1 heterocycles. The van der Waals surface area contributed by atoms with Crippen LogP contribution >= 0.6 is 0 Å². The highest BCUT2D eigenvalue weighted by Gasteiger charge is 2.24. The Bertz CT molecular complexity index is 820. The topological polar surface area (TPSA) is 75.7 Å². The van der Waals surface area contributed by atoms with Gasteiger partial charge in [-0.1, -0.05) is 30.3 Å². The highest BCUT2D eigenvalue weighted by atomic mass is 32.2. The number of ether oxygens (including phenoxy) is 1. The highest BCUT2D eigenvalue weighted by molar-refractivity contribution is 7.89. The van der Waals surface area contributed by atoms with E-state index in [4.69, 9.17) is 4.74 Å². The zero-order valence-electron chi connectivity index (χ0n) is 13.7. The molecule has 1 aliphatic heterocycles. The van der Waals surface area contributed by atoms with E-state index in [0.29, 0.717) is 25.4 Å². The second-order valence-electron chi connectivity index (χ2n) is 5.75. The van der Waals surface area contributed by atoms with Gasteiger partial charge in [0, 0.05) is 12.2 Å². The molecule has 0 aromatic heterocycles. The van der Waals surface area contributed by atoms with E-state index in [1.807, 2.05) is 30.3 Å². The number of nitrogens with one attached hydrogen (secondary N) is 1. The van der Waals surface area contributed by atoms with Gasteiger partial charge in [-0.25, -0.2) is 17.9 Å². The molecule has 3 rings (SSSR count). The number of benzene rings is 2. The summed E-state index contributed by atoms with van der Waals surface area (Å²) in [5.41, 5.74) is 1.81. The van der Waals surface area contributed by atoms with Gasteiger partial charge < -0.3 is 4.74 Å². The molecular weight excluding hydrogens is 340 g/mol. The van der Waals surface area contributed by atoms with Gasteiger partial charge in [0.25, 0.3) is 0 Å². The van der Waals surface area contributed by atoms with Crippen LogP contribution in [0.2, 0.25) is 0 Å². The standard InChI is InChI=1S/C18H20N2O4S/c21-18-20(13-14-24-18)16-8-10-17(11-9-16)25(22,23)19-12-4-7-15-5-2-1-3-6-15/h1-3,5-6,8-11,19H,4,7,12-14H2. The number of cyclic esters (lactones) is 1. The lowest BCUT2D eigenvalue weighted by Crippen LogP contribution is -2.26. The van der Waals surface area contributed by atoms with Gasteiger partial charge in [0.15, 0.2) is 0 Å². The Morgan fingerprint density at radius 3 is 2.40 bits per heavy atom. The number of nitrogens with zero attached hydrogens (tertiary/aromatic N) is 1. The fourth-order valence-corrected chi connectivity index (χ4v) is 3.73. The third-order valence-electron chi connectivity index (χ3n) is 4.00. The van der Waals surface area contributed by atoms with Crippen LogP contribution < -0.4 is 9.62 Å². The van der Waals surface area contributed by atoms with Crippen molar-refractivity contribution in [3.8, 4) is 0 Å². The van der Waals surface area contributed by atoms with Crippen molar-refractivity contribution in [2.24, 2.45) is 0 Å². The lowest BCUT2D eigenvalue weighted by molar-refractivity contribution is 0.181. The van der Waals surface area contributed by atoms with Gasteiger partial charge in [-0.15, -0.1) is 0 Å². The molecule has 1 amide bonds. The number of carbonyl (C=O) groups excluding carboxylic acids is 1. The summed E-state index contributed by atoms with van der Waals surface area (Å²) in [6.07, 6.45) is 1.13. The monoisotopic (exact) mass is 360 g/mol. The molecule has 0 unspecified atom stereocenters. The third kappa shape index (κ3) is 4.37. The number of aryl methyl sites for hydroxylation is 1. The Balaban J connectivity index is 1.55. The molecule has 1 aliphatic rings. The number of sulfonamides is 1. The maximum Gasteiger partial charge on any atom is 0.414 e. The van der Waals surface area contributed by atoms with Crippen molar-refractivity contribution in [2.45, 2.75) is 17.7 Å². The van der Waals surface area contributed by atoms with Crippen LogP contribution in [0.15, 0.2) is 59.5 Å². The molecule has 0 bridgehead atoms. The van der Waals surface area contributed by atoms with Crippen molar-refractivity contribution in [3.05, 3.63) is 60.2 Å². The molecule has 1 N–H and O–H groups in total. The largest absolute Gasteiger partial charge is 0.447 e. The molecule has 1 saturated heterocycles. The van der Waals surface area contributed by atoms with Crippen LogP contribution in [0, 0.1) is 0 Å². The molecule has 1 fully saturated rings. The predicted octanol–water partition coefficient (Wildman–Crippen LogP) is 2.55. The van der Waals surface area contributed by atoms with Gasteiger partial charge in [-0.3, -0.25) is 4.90 Å². The van der Waals surface area contributed by atoms with E-state index in [-0.39, 0.29) is 4.90 Å². The van der Waals surface area contributed by atoms with Gasteiger partial charge in [-0.2, -0.15) is 0 Å². The molecule has 0 radical (unpaired) electrons. The molecule has 0 saturated carbocycles. The minimum atomic E-state index is -3.55. The molecule has 2 aromatic rings. The number of carbonyl (C=O) groups is 1. The van der Waals surface area contributed by atoms with Gasteiger partial charge in [0.1, 0.15) is 6.61 Å². The Morgan fingerprint density at radius 1 is 1.04 bits per heavy atom. The van der Waals surface area contributed by atoms with Crippen molar-refractivity contribution >= 4 is 21.8 Å². The van der Waals surface area contributed by atoms with Gasteiger partial charge in [-0.05, 0) is 42.7 Å². The lowest BCUT2D eigenvalue weighted by Gasteiger charge is -2.13. The summed E-state index contributed by atoms with van der Waals surface area (Å²) in [5.74, 6) is 0. The van der Waals surface area contributed by atoms with Crippen molar-refractivity contribution in [1.82, 2.24) is 4.72 Å². The lowest BCUT2D eigenvalue weighted by atomic mass is 10.1. The molecular formula is C18H20N2O4S. The first-order valence-electron chi connectivity index (χ1n) is 8.14. The molecule has 25 heavy (non-hydrogen) atoms. The fourth-order valence-electron chi connectivity index (χ4n) is 2.66. The summed E-state index contributed by atoms with van der Waals surface area (Å²) in [7, 11) is -3.55. The van der Waals surface area contributed by atoms with Crippen molar-refractivity contribution in [2.75, 3.05) is 24.6 Å². The predicted molar refractivity (Wildman–Crippen MR) is 95.1 cm³/mol. The van der Waals surface area contributed by atoms with Crippen molar-refractivity contribution in [1.29, 1.82) is 0 Å². The first-order chi connectivity index (χ1) is 12.1. The zero-order valence-corrected chi connectivity index (χ0v) is 14.5. The maximum atomic E-state index is 12.3. The Labute approximate surface area is 147 Å². The molecule has 132 valence electrons. The van der Waals surface area contributed by atoms with E-state index in [1.165, 1.54) is 22.6 Å². The highest BCUT2D eigenvalue weighted by Crippen LogP contribution is 2.21. The SMILES string of the molecule is O=C1OCCN1c1ccc(S(=O)(=O)NCCCc2ccccc2)cc1. The van der Waals surface area contributed by atoms with Crippen LogP contribution in [0.4, 0.5) is 10.5 Å². The van der Waals surface area contributed by atoms with Crippen LogP contribution in [0.5, 0.6) is 0 Å². The maximum absolute atomic E-state index is 12.3. The second-order valence-corrected chi connectivity index (χ2v) is 7.51. The zero-order chi connectivity index (χ0) is 17.7. The quantitative estimate of drug-likeness (QED) is 0.770. The number of hydrogen-bond donors (Lipinski definition) is 1. The summed E-state index contributed by atoms with van der Waals surface area (Å²) in [5, 5.41) is 0. The second kappa shape index (κ2) is 7.67. The third-order valence-corrected chi connectivity index (χ3v) is 5.47. The van der Waals surface area contributed by atoms with Crippen LogP contribution in [-0.2, 0) is 21.2 Å². The van der Waals surface area contributed by atoms with Crippen LogP contribution in [-0.4, -0.2) is 34.2 Å². The van der Waals surface area contributed by atoms with E-state index < -0.39 is 16.1 Å². The van der Waals surface area contributed by atoms with Crippen LogP contribution in [0.25, 0.3) is 0 Å². The number of rotatable bonds is 7. The Morgan fingerprint density at radius 2 is 1.76 bits per heavy atom. The Kier molecular flexibility index (Phi) is 5.35. The molecule has 6 nitrogen and oxygen atoms in total. The van der Waals surface area contributed by atoms with Crippen LogP contribution in [0.3, 0.4) is 0 Å². The van der Waals surface area contributed by atoms with Crippen molar-refractivity contribution < 1.29 is 17.9 Å². The average Bonchev–Trinajstić information content (AvgIpc) is 3.06. The molecule has 0 atom stereocenters. The van der Waals surface area contributed by atoms with E-state index >= 15 is 0 Å². The van der Waals surface area contributed by atoms with Gasteiger partial charge >= 0.3 is 6.09 Å². The average molecular weight is 360 g/mol. The van der Waals surface area contributed by atoms with Crippen molar-refractivity contribution in [3.63, 3.8) is 0 Å². The van der Waals surface area contributed by atoms with E-state index in [1.54, 1.807) is 12.1 Å². The smallest absolute Gasteiger partial charge is 0.414 e. The first-order valence-corrected chi connectivity index (χ1v) is 9.62. The minimum absolute atomic E-state index is 0.184. The molecule has 0 aliphatic carbocycles. The van der Waals surface area contributed by atoms with Gasteiger partial charge in [0.2, 0.25) is 10.0 Å². The van der Waals surface area contributed by atoms with E-state index in [2.05, 4.69) is 4.72 Å². The Hall–Kier alpha value is -2.38. The summed E-state index contributed by atoms with van der Waals surface area (Å²) >= 11 is 0. The number of hydrogen-bond acceptors (Lipinski definition) is 4. The summed E-state index contributed by atoms with van der Waals surface area (Å²) < 4.78 is 32.1.